The SMILES string of the molecule is C=CC(=O)N1CCN(c2nc(=O)n3c4nc(c(F)cc24)-c2c(F)cccc2OCC(O)C(OC)C(/C=C\NCC(C)C)=C3)[C@@H](C)C1. The first-order chi connectivity index (χ1) is 22.0. The van der Waals surface area contributed by atoms with E-state index in [1.807, 2.05) is 11.8 Å². The van der Waals surface area contributed by atoms with Gasteiger partial charge in [-0.3, -0.25) is 9.36 Å². The van der Waals surface area contributed by atoms with Crippen LogP contribution in [0.25, 0.3) is 28.5 Å². The summed E-state index contributed by atoms with van der Waals surface area (Å²) in [5.41, 5.74) is -0.999. The van der Waals surface area contributed by atoms with Gasteiger partial charge in [-0.25, -0.2) is 18.6 Å². The highest BCUT2D eigenvalue weighted by Crippen LogP contribution is 2.37. The Kier molecular flexibility index (Phi) is 9.82. The van der Waals surface area contributed by atoms with Crippen molar-refractivity contribution in [2.45, 2.75) is 39.0 Å². The highest BCUT2D eigenvalue weighted by Gasteiger charge is 2.31. The van der Waals surface area contributed by atoms with Gasteiger partial charge in [-0.2, -0.15) is 4.98 Å². The summed E-state index contributed by atoms with van der Waals surface area (Å²) in [7, 11) is 1.41. The number of aliphatic hydroxyl groups is 1. The van der Waals surface area contributed by atoms with Crippen LogP contribution >= 0.6 is 0 Å². The summed E-state index contributed by atoms with van der Waals surface area (Å²) in [5, 5.41) is 14.6. The molecule has 1 saturated heterocycles. The lowest BCUT2D eigenvalue weighted by Gasteiger charge is -2.40. The maximum Gasteiger partial charge on any atom is 0.355 e. The molecule has 3 atom stereocenters. The third kappa shape index (κ3) is 6.51. The van der Waals surface area contributed by atoms with Gasteiger partial charge in [0.25, 0.3) is 0 Å². The molecule has 13 heteroatoms. The summed E-state index contributed by atoms with van der Waals surface area (Å²) in [6, 6.07) is 4.90. The number of fused-ring (bicyclic) bond motifs is 3. The van der Waals surface area contributed by atoms with Gasteiger partial charge in [0.15, 0.2) is 11.5 Å². The van der Waals surface area contributed by atoms with Crippen molar-refractivity contribution >= 4 is 29.0 Å². The van der Waals surface area contributed by atoms with E-state index in [1.54, 1.807) is 17.2 Å². The van der Waals surface area contributed by atoms with Gasteiger partial charge in [-0.1, -0.05) is 26.5 Å². The van der Waals surface area contributed by atoms with Crippen molar-refractivity contribution in [3.63, 3.8) is 0 Å². The second-order valence-electron chi connectivity index (χ2n) is 11.7. The summed E-state index contributed by atoms with van der Waals surface area (Å²) in [5.74, 6) is -1.39. The van der Waals surface area contributed by atoms with E-state index in [0.29, 0.717) is 37.7 Å². The molecule has 244 valence electrons. The van der Waals surface area contributed by atoms with Gasteiger partial charge in [-0.15, -0.1) is 0 Å². The Balaban J connectivity index is 1.77. The highest BCUT2D eigenvalue weighted by molar-refractivity contribution is 5.91. The van der Waals surface area contributed by atoms with E-state index >= 15 is 8.78 Å². The van der Waals surface area contributed by atoms with Gasteiger partial charge in [0, 0.05) is 51.1 Å². The predicted octanol–water partition coefficient (Wildman–Crippen LogP) is 3.33. The van der Waals surface area contributed by atoms with Crippen LogP contribution in [0, 0.1) is 17.6 Å². The Morgan fingerprint density at radius 2 is 2.04 bits per heavy atom. The number of nitrogens with zero attached hydrogens (tertiary/aromatic N) is 5. The number of anilines is 1. The lowest BCUT2D eigenvalue weighted by molar-refractivity contribution is -0.126. The molecular weight excluding hydrogens is 598 g/mol. The molecule has 0 aliphatic carbocycles. The third-order valence-electron chi connectivity index (χ3n) is 7.97. The second kappa shape index (κ2) is 13.8. The number of carbonyl (C=O) groups is 1. The van der Waals surface area contributed by atoms with E-state index in [2.05, 4.69) is 35.7 Å². The minimum atomic E-state index is -1.27. The molecule has 3 aromatic rings. The van der Waals surface area contributed by atoms with Crippen LogP contribution < -0.4 is 20.6 Å². The van der Waals surface area contributed by atoms with Crippen molar-refractivity contribution in [1.82, 2.24) is 24.8 Å². The van der Waals surface area contributed by atoms with Gasteiger partial charge in [0.2, 0.25) is 5.91 Å². The topological polar surface area (TPSA) is 122 Å². The molecule has 0 saturated carbocycles. The Morgan fingerprint density at radius 3 is 2.74 bits per heavy atom. The number of hydrogen-bond donors (Lipinski definition) is 2. The Morgan fingerprint density at radius 1 is 1.26 bits per heavy atom. The average Bonchev–Trinajstić information content (AvgIpc) is 3.02. The molecule has 1 aromatic carbocycles. The number of hydrogen-bond acceptors (Lipinski definition) is 9. The zero-order chi connectivity index (χ0) is 33.1. The standard InChI is InChI=1S/C33H38F2N6O5/c1-6-27(43)39-12-13-40(20(4)16-39)32-22-14-24(35)29-28-23(34)8-7-9-26(28)46-18-25(42)30(45-5)21(10-11-36-15-19(2)3)17-41(31(22)37-29)33(44)38-32/h6-11,14,17,19-20,25,30,36,42H,1,12-13,15-16,18H2,2-5H3/b11-10-,21-17?/t20-,25?,30?/m0/s1. The molecule has 0 spiro atoms. The van der Waals surface area contributed by atoms with Gasteiger partial charge >= 0.3 is 5.69 Å². The largest absolute Gasteiger partial charge is 0.490 e. The number of carbonyl (C=O) groups excluding carboxylic acids is 1. The van der Waals surface area contributed by atoms with Crippen LogP contribution in [0.5, 0.6) is 5.75 Å². The fraction of sp³-hybridized carbons (Fsp3) is 0.394. The van der Waals surface area contributed by atoms with Crippen LogP contribution in [0.2, 0.25) is 0 Å². The van der Waals surface area contributed by atoms with E-state index in [1.165, 1.54) is 37.6 Å². The quantitative estimate of drug-likeness (QED) is 0.376. The Bertz CT molecular complexity index is 1760. The number of piperazine rings is 1. The minimum absolute atomic E-state index is 0.00311. The number of aromatic nitrogens is 3. The summed E-state index contributed by atoms with van der Waals surface area (Å²) in [4.78, 5) is 38.5. The van der Waals surface area contributed by atoms with E-state index in [0.717, 1.165) is 10.6 Å². The van der Waals surface area contributed by atoms with Crippen LogP contribution in [0.15, 0.2) is 59.6 Å². The fourth-order valence-corrected chi connectivity index (χ4v) is 5.69. The van der Waals surface area contributed by atoms with Crippen LogP contribution in [-0.4, -0.2) is 88.6 Å². The first-order valence-corrected chi connectivity index (χ1v) is 15.1. The van der Waals surface area contributed by atoms with E-state index in [9.17, 15) is 14.7 Å². The summed E-state index contributed by atoms with van der Waals surface area (Å²) >= 11 is 0. The number of rotatable bonds is 7. The zero-order valence-corrected chi connectivity index (χ0v) is 26.2. The number of methoxy groups -OCH3 is 1. The zero-order valence-electron chi connectivity index (χ0n) is 26.2. The van der Waals surface area contributed by atoms with Crippen molar-refractivity contribution < 1.29 is 28.2 Å². The molecule has 5 rings (SSSR count). The molecule has 2 aliphatic rings. The van der Waals surface area contributed by atoms with Crippen LogP contribution in [0.3, 0.4) is 0 Å². The normalized spacial score (nSPS) is 20.3. The van der Waals surface area contributed by atoms with Crippen molar-refractivity contribution in [1.29, 1.82) is 0 Å². The molecule has 11 nitrogen and oxygen atoms in total. The molecule has 2 aromatic heterocycles. The molecule has 2 bridgehead atoms. The van der Waals surface area contributed by atoms with E-state index < -0.39 is 29.5 Å². The number of pyridine rings is 1. The highest BCUT2D eigenvalue weighted by atomic mass is 19.1. The van der Waals surface area contributed by atoms with Crippen LogP contribution in [-0.2, 0) is 9.53 Å². The van der Waals surface area contributed by atoms with Crippen LogP contribution in [0.1, 0.15) is 20.8 Å². The van der Waals surface area contributed by atoms with Gasteiger partial charge in [0.05, 0.1) is 10.9 Å². The number of ether oxygens (including phenoxy) is 2. The Labute approximate surface area is 265 Å². The summed E-state index contributed by atoms with van der Waals surface area (Å²) < 4.78 is 44.1. The third-order valence-corrected chi connectivity index (χ3v) is 7.97. The van der Waals surface area contributed by atoms with Crippen LogP contribution in [0.4, 0.5) is 14.6 Å². The van der Waals surface area contributed by atoms with Crippen molar-refractivity contribution in [3.8, 4) is 17.0 Å². The van der Waals surface area contributed by atoms with Crippen molar-refractivity contribution in [3.05, 3.63) is 76.9 Å². The molecular formula is C33H38F2N6O5. The average molecular weight is 637 g/mol. The molecule has 4 heterocycles. The molecule has 0 radical (unpaired) electrons. The molecule has 2 aliphatic heterocycles. The predicted molar refractivity (Wildman–Crippen MR) is 171 cm³/mol. The fourth-order valence-electron chi connectivity index (χ4n) is 5.69. The van der Waals surface area contributed by atoms with E-state index in [4.69, 9.17) is 9.47 Å². The maximum atomic E-state index is 16.0. The summed E-state index contributed by atoms with van der Waals surface area (Å²) in [6.45, 7) is 10.8. The molecule has 46 heavy (non-hydrogen) atoms. The van der Waals surface area contributed by atoms with Crippen molar-refractivity contribution in [2.24, 2.45) is 5.92 Å². The lowest BCUT2D eigenvalue weighted by Crippen LogP contribution is -2.54. The number of amides is 1. The first-order valence-electron chi connectivity index (χ1n) is 15.1. The number of halogens is 2. The maximum absolute atomic E-state index is 16.0. The molecule has 2 N–H and O–H groups in total. The monoisotopic (exact) mass is 636 g/mol. The smallest absolute Gasteiger partial charge is 0.355 e. The summed E-state index contributed by atoms with van der Waals surface area (Å²) in [6.07, 6.45) is 3.75. The number of aliphatic hydroxyl groups excluding tert-OH is 1. The molecule has 1 amide bonds. The van der Waals surface area contributed by atoms with Gasteiger partial charge in [-0.05, 0) is 49.4 Å². The number of benzene rings is 1. The van der Waals surface area contributed by atoms with Gasteiger partial charge in [0.1, 0.15) is 41.9 Å². The second-order valence-corrected chi connectivity index (χ2v) is 11.7. The molecule has 2 unspecified atom stereocenters. The number of nitrogens with one attached hydrogen (secondary N) is 1. The first kappa shape index (κ1) is 32.8. The van der Waals surface area contributed by atoms with E-state index in [-0.39, 0.29) is 52.4 Å². The Hall–Kier alpha value is -4.62. The van der Waals surface area contributed by atoms with Gasteiger partial charge < -0.3 is 29.7 Å². The minimum Gasteiger partial charge on any atom is -0.490 e. The lowest BCUT2D eigenvalue weighted by atomic mass is 10.0. The van der Waals surface area contributed by atoms with Crippen molar-refractivity contribution in [2.75, 3.05) is 44.8 Å². The molecule has 1 fully saturated rings.